The van der Waals surface area contributed by atoms with Crippen LogP contribution in [-0.2, 0) is 46.2 Å². The van der Waals surface area contributed by atoms with Gasteiger partial charge < -0.3 is 39.1 Å². The second kappa shape index (κ2) is 16.1. The number of cyclic esters (lactones) is 2. The zero-order valence-electron chi connectivity index (χ0n) is 37.6. The third-order valence-corrected chi connectivity index (χ3v) is 19.2. The van der Waals surface area contributed by atoms with Crippen LogP contribution < -0.4 is 10.6 Å². The number of ether oxygens (including phenoxy) is 4. The van der Waals surface area contributed by atoms with Crippen molar-refractivity contribution in [2.45, 2.75) is 178 Å². The number of furan rings is 1. The number of epoxide rings is 1. The Kier molecular flexibility index (Phi) is 10.8. The highest BCUT2D eigenvalue weighted by Gasteiger charge is 2.93. The number of hydrogen-bond acceptors (Lipinski definition) is 11. The Morgan fingerprint density at radius 2 is 1.67 bits per heavy atom. The van der Waals surface area contributed by atoms with Gasteiger partial charge >= 0.3 is 11.9 Å². The molecule has 1 aromatic heterocycles. The topological polar surface area (TPSA) is 149 Å². The summed E-state index contributed by atoms with van der Waals surface area (Å²) in [6.07, 6.45) is 15.7. The van der Waals surface area contributed by atoms with E-state index in [9.17, 15) is 14.7 Å². The molecule has 5 aliphatic heterocycles. The molecule has 2 spiro atoms. The van der Waals surface area contributed by atoms with E-state index in [0.29, 0.717) is 24.8 Å². The highest BCUT2D eigenvalue weighted by Crippen LogP contribution is 2.83. The van der Waals surface area contributed by atoms with Gasteiger partial charge in [0.25, 0.3) is 0 Å². The molecule has 4 aliphatic carbocycles. The van der Waals surface area contributed by atoms with Gasteiger partial charge in [-0.3, -0.25) is 9.59 Å². The molecule has 9 fully saturated rings. The molecule has 6 heterocycles. The van der Waals surface area contributed by atoms with Crippen molar-refractivity contribution in [2.75, 3.05) is 19.8 Å². The molecule has 2 aromatic rings. The van der Waals surface area contributed by atoms with Crippen molar-refractivity contribution in [3.63, 3.8) is 0 Å². The lowest BCUT2D eigenvalue weighted by Crippen LogP contribution is -2.79. The van der Waals surface area contributed by atoms with Crippen LogP contribution in [0.1, 0.15) is 146 Å². The van der Waals surface area contributed by atoms with Gasteiger partial charge in [0.2, 0.25) is 0 Å². The Hall–Kier alpha value is -3.09. The number of rotatable bonds is 12. The van der Waals surface area contributed by atoms with Gasteiger partial charge in [0.1, 0.15) is 30.2 Å². The summed E-state index contributed by atoms with van der Waals surface area (Å²) in [4.78, 5) is 44.2. The van der Waals surface area contributed by atoms with Crippen LogP contribution >= 0.6 is 0 Å². The molecule has 0 bridgehead atoms. The number of aliphatic hydroxyl groups excluding tert-OH is 1. The van der Waals surface area contributed by atoms with E-state index in [1.807, 2.05) is 6.07 Å². The number of aliphatic hydroxyl groups is 1. The van der Waals surface area contributed by atoms with Gasteiger partial charge in [-0.15, -0.1) is 0 Å². The van der Waals surface area contributed by atoms with Crippen LogP contribution in [0.15, 0.2) is 47.1 Å². The number of ketones is 1. The number of benzene rings is 1. The monoisotopic (exact) mass is 867 g/mol. The highest BCUT2D eigenvalue weighted by molar-refractivity contribution is 5.92. The van der Waals surface area contributed by atoms with Crippen LogP contribution in [0.2, 0.25) is 0 Å². The predicted molar refractivity (Wildman–Crippen MR) is 233 cm³/mol. The summed E-state index contributed by atoms with van der Waals surface area (Å²) in [7, 11) is 0. The molecule has 0 radical (unpaired) electrons. The molecular formula is C52H70N2O9. The fourth-order valence-corrected chi connectivity index (χ4v) is 16.6. The van der Waals surface area contributed by atoms with E-state index in [1.165, 1.54) is 18.4 Å². The van der Waals surface area contributed by atoms with Crippen molar-refractivity contribution in [1.82, 2.24) is 10.6 Å². The largest absolute Gasteiger partial charge is 0.469 e. The smallest absolute Gasteiger partial charge is 0.339 e. The molecule has 63 heavy (non-hydrogen) atoms. The Labute approximate surface area is 372 Å². The first-order valence-electron chi connectivity index (χ1n) is 25.1. The summed E-state index contributed by atoms with van der Waals surface area (Å²) in [6.45, 7) is 6.34. The van der Waals surface area contributed by atoms with Crippen LogP contribution in [0.25, 0.3) is 0 Å². The van der Waals surface area contributed by atoms with Crippen molar-refractivity contribution in [3.05, 3.63) is 59.5 Å². The summed E-state index contributed by atoms with van der Waals surface area (Å²) in [5.74, 6) is -0.677. The van der Waals surface area contributed by atoms with E-state index in [2.05, 4.69) is 54.8 Å². The second-order valence-corrected chi connectivity index (χ2v) is 22.0. The summed E-state index contributed by atoms with van der Waals surface area (Å²) in [5, 5.41) is 20.5. The van der Waals surface area contributed by atoms with Crippen LogP contribution in [0.5, 0.6) is 0 Å². The quantitative estimate of drug-likeness (QED) is 0.110. The summed E-state index contributed by atoms with van der Waals surface area (Å²) in [5.41, 5.74) is -2.67. The van der Waals surface area contributed by atoms with Gasteiger partial charge in [0, 0.05) is 47.5 Å². The first kappa shape index (κ1) is 42.5. The van der Waals surface area contributed by atoms with E-state index in [1.54, 1.807) is 6.26 Å². The van der Waals surface area contributed by atoms with E-state index in [-0.39, 0.29) is 42.5 Å². The number of fused-ring (bicyclic) bond motifs is 1. The number of carbonyl (C=O) groups excluding carboxylic acids is 3. The van der Waals surface area contributed by atoms with Crippen molar-refractivity contribution < 1.29 is 42.9 Å². The highest BCUT2D eigenvalue weighted by atomic mass is 16.7. The minimum atomic E-state index is -1.39. The Bertz CT molecular complexity index is 2050. The number of aryl methyl sites for hydroxylation is 1. The fraction of sp³-hybridized carbons (Fsp3) is 0.750. The van der Waals surface area contributed by atoms with E-state index < -0.39 is 63.8 Å². The van der Waals surface area contributed by atoms with E-state index in [4.69, 9.17) is 23.4 Å². The molecular weight excluding hydrogens is 797 g/mol. The number of unbranched alkanes of at least 4 members (excludes halogenated alkanes) is 3. The molecule has 1 aromatic carbocycles. The molecule has 11 nitrogen and oxygen atoms in total. The molecule has 11 rings (SSSR count). The van der Waals surface area contributed by atoms with Crippen molar-refractivity contribution in [3.8, 4) is 0 Å². The van der Waals surface area contributed by atoms with Crippen LogP contribution in [0.3, 0.4) is 0 Å². The standard InChI is InChI=1S/C52H70N2O9/c1-48-24-22-39-50-30-60-41(55)28-40(50)62-49(2,34-17-9-6-10-18-34)43(50)42(56)44(57)51(39,35-19-13-16-33(27-35)26-32-14-7-5-8-15-32)52(48)46(63-52)47(58)61-45(48)37-23-25-59-38(37)21-12-4-3-11-20-36-29-53-31-54-36/h5,7-8,14-15,23,25,33-36,39-40,43-46,53-54,57H,3-4,6,9-13,16-22,24,26-31H2,1-2H3. The Morgan fingerprint density at radius 3 is 2.48 bits per heavy atom. The molecule has 0 amide bonds. The minimum absolute atomic E-state index is 0.0831. The molecule has 14 atom stereocenters. The maximum atomic E-state index is 16.1. The molecule has 9 aliphatic rings. The average Bonchev–Trinajstić information content (AvgIpc) is 3.54. The number of esters is 2. The zero-order chi connectivity index (χ0) is 43.2. The summed E-state index contributed by atoms with van der Waals surface area (Å²) >= 11 is 0. The summed E-state index contributed by atoms with van der Waals surface area (Å²) < 4.78 is 33.6. The molecule has 11 heteroatoms. The maximum absolute atomic E-state index is 16.1. The number of Topliss-reactive ketones (excluding diaryl/α,β-unsaturated/α-hetero) is 1. The SMILES string of the molecule is CC1(C2CCCCC2)OC2CC(=O)OCC23C1C(=O)C(O)C1(C2CCCC(Cc4ccccc4)C2)C3CCC2(C)C(c3ccoc3CCCCCCC3CNCN3)OC(=O)C3OC321. The molecule has 3 N–H and O–H groups in total. The third kappa shape index (κ3) is 6.24. The predicted octanol–water partition coefficient (Wildman–Crippen LogP) is 7.71. The fourth-order valence-electron chi connectivity index (χ4n) is 16.6. The number of hydrogen-bond donors (Lipinski definition) is 3. The molecule has 342 valence electrons. The van der Waals surface area contributed by atoms with Gasteiger partial charge in [-0.1, -0.05) is 88.6 Å². The lowest BCUT2D eigenvalue weighted by molar-refractivity contribution is -0.276. The van der Waals surface area contributed by atoms with E-state index >= 15 is 4.79 Å². The molecule has 14 unspecified atom stereocenters. The van der Waals surface area contributed by atoms with Crippen molar-refractivity contribution in [1.29, 1.82) is 0 Å². The van der Waals surface area contributed by atoms with E-state index in [0.717, 1.165) is 114 Å². The van der Waals surface area contributed by atoms with Gasteiger partial charge in [-0.25, -0.2) is 4.79 Å². The summed E-state index contributed by atoms with van der Waals surface area (Å²) in [6, 6.07) is 13.2. The Morgan fingerprint density at radius 1 is 0.857 bits per heavy atom. The lowest BCUT2D eigenvalue weighted by atomic mass is 9.32. The van der Waals surface area contributed by atoms with Crippen LogP contribution in [0.4, 0.5) is 0 Å². The van der Waals surface area contributed by atoms with Crippen LogP contribution in [0, 0.1) is 45.8 Å². The molecule has 5 saturated heterocycles. The van der Waals surface area contributed by atoms with Crippen molar-refractivity contribution >= 4 is 17.7 Å². The van der Waals surface area contributed by atoms with Gasteiger partial charge in [-0.2, -0.15) is 0 Å². The number of nitrogens with one attached hydrogen (secondary N) is 2. The normalized spacial score (nSPS) is 44.4. The van der Waals surface area contributed by atoms with Gasteiger partial charge in [-0.05, 0) is 100 Å². The van der Waals surface area contributed by atoms with Gasteiger partial charge in [0.05, 0.1) is 30.3 Å². The van der Waals surface area contributed by atoms with Crippen molar-refractivity contribution in [2.24, 2.45) is 45.8 Å². The average molecular weight is 867 g/mol. The first-order valence-corrected chi connectivity index (χ1v) is 25.1. The third-order valence-electron chi connectivity index (χ3n) is 19.2. The Balaban J connectivity index is 0.994. The minimum Gasteiger partial charge on any atom is -0.469 e. The van der Waals surface area contributed by atoms with Gasteiger partial charge in [0.15, 0.2) is 11.9 Å². The zero-order valence-corrected chi connectivity index (χ0v) is 37.6. The number of carbonyl (C=O) groups is 3. The lowest BCUT2D eigenvalue weighted by Gasteiger charge is -2.70. The molecule has 4 saturated carbocycles. The first-order chi connectivity index (χ1) is 30.6. The second-order valence-electron chi connectivity index (χ2n) is 22.0. The maximum Gasteiger partial charge on any atom is 0.339 e. The van der Waals surface area contributed by atoms with Crippen LogP contribution in [-0.4, -0.2) is 78.2 Å².